The molecule has 3 heteroatoms. The van der Waals surface area contributed by atoms with Crippen molar-refractivity contribution in [1.82, 2.24) is 0 Å². The fourth-order valence-corrected chi connectivity index (χ4v) is 5.33. The number of fused-ring (bicyclic) bond motifs is 1. The van der Waals surface area contributed by atoms with Gasteiger partial charge in [-0.1, -0.05) is 53.7 Å². The summed E-state index contributed by atoms with van der Waals surface area (Å²) >= 11 is 3.61. The normalized spacial score (nSPS) is 11.1. The molecular weight excluding hydrogens is 344 g/mol. The highest BCUT2D eigenvalue weighted by Crippen LogP contribution is 2.47. The van der Waals surface area contributed by atoms with Crippen molar-refractivity contribution in [3.63, 3.8) is 0 Å². The highest BCUT2D eigenvalue weighted by Gasteiger charge is 2.15. The van der Waals surface area contributed by atoms with Gasteiger partial charge in [0.1, 0.15) is 5.75 Å². The molecule has 1 heterocycles. The van der Waals surface area contributed by atoms with Crippen LogP contribution in [0.5, 0.6) is 5.75 Å². The predicted molar refractivity (Wildman–Crippen MR) is 109 cm³/mol. The fourth-order valence-electron chi connectivity index (χ4n) is 2.81. The maximum Gasteiger partial charge on any atom is 0.115 e. The van der Waals surface area contributed by atoms with Gasteiger partial charge in [0.15, 0.2) is 0 Å². The average Bonchev–Trinajstić information content (AvgIpc) is 2.95. The van der Waals surface area contributed by atoms with Gasteiger partial charge in [-0.15, -0.1) is 11.3 Å². The Morgan fingerprint density at radius 1 is 0.800 bits per heavy atom. The van der Waals surface area contributed by atoms with Gasteiger partial charge < -0.3 is 5.11 Å². The monoisotopic (exact) mass is 362 g/mol. The van der Waals surface area contributed by atoms with Crippen molar-refractivity contribution in [3.8, 4) is 16.2 Å². The third-order valence-electron chi connectivity index (χ3n) is 4.17. The van der Waals surface area contributed by atoms with Crippen LogP contribution in [-0.4, -0.2) is 5.11 Å². The third kappa shape index (κ3) is 3.30. The maximum atomic E-state index is 9.54. The number of hydrogen-bond acceptors (Lipinski definition) is 3. The molecule has 25 heavy (non-hydrogen) atoms. The molecule has 1 N–H and O–H groups in total. The third-order valence-corrected chi connectivity index (χ3v) is 6.64. The van der Waals surface area contributed by atoms with Crippen LogP contribution in [0.3, 0.4) is 0 Å². The van der Waals surface area contributed by atoms with Crippen LogP contribution < -0.4 is 0 Å². The predicted octanol–water partition coefficient (Wildman–Crippen LogP) is 7.04. The zero-order valence-electron chi connectivity index (χ0n) is 14.1. The molecule has 0 atom stereocenters. The van der Waals surface area contributed by atoms with Crippen LogP contribution in [0.2, 0.25) is 0 Å². The molecule has 0 saturated heterocycles. The van der Waals surface area contributed by atoms with E-state index < -0.39 is 0 Å². The number of benzene rings is 3. The Labute approximate surface area is 156 Å². The number of thiophene rings is 1. The van der Waals surface area contributed by atoms with E-state index in [1.54, 1.807) is 23.9 Å². The number of phenolic OH excluding ortho intramolecular Hbond substituents is 1. The number of phenols is 1. The Kier molecular flexibility index (Phi) is 4.28. The van der Waals surface area contributed by atoms with Crippen molar-refractivity contribution >= 4 is 33.2 Å². The molecule has 1 aromatic heterocycles. The van der Waals surface area contributed by atoms with Crippen LogP contribution in [0.4, 0.5) is 0 Å². The first-order chi connectivity index (χ1) is 12.1. The summed E-state index contributed by atoms with van der Waals surface area (Å²) in [5.41, 5.74) is 3.81. The smallest absolute Gasteiger partial charge is 0.115 e. The molecule has 0 radical (unpaired) electrons. The zero-order chi connectivity index (χ0) is 17.4. The molecule has 3 aromatic carbocycles. The Bertz CT molecular complexity index is 1030. The summed E-state index contributed by atoms with van der Waals surface area (Å²) < 4.78 is 1.32. The van der Waals surface area contributed by atoms with E-state index in [9.17, 15) is 5.11 Å². The Hall–Kier alpha value is -2.23. The van der Waals surface area contributed by atoms with Crippen LogP contribution in [0.1, 0.15) is 11.1 Å². The highest BCUT2D eigenvalue weighted by molar-refractivity contribution is 8.00. The van der Waals surface area contributed by atoms with Crippen molar-refractivity contribution in [2.24, 2.45) is 0 Å². The maximum absolute atomic E-state index is 9.54. The van der Waals surface area contributed by atoms with Crippen molar-refractivity contribution < 1.29 is 5.11 Å². The summed E-state index contributed by atoms with van der Waals surface area (Å²) in [6.45, 7) is 4.25. The van der Waals surface area contributed by atoms with Gasteiger partial charge in [-0.05, 0) is 55.3 Å². The number of aromatic hydroxyl groups is 1. The van der Waals surface area contributed by atoms with Gasteiger partial charge in [-0.3, -0.25) is 0 Å². The summed E-state index contributed by atoms with van der Waals surface area (Å²) in [7, 11) is 0. The van der Waals surface area contributed by atoms with Gasteiger partial charge in [0.25, 0.3) is 0 Å². The number of hydrogen-bond donors (Lipinski definition) is 1. The minimum Gasteiger partial charge on any atom is -0.508 e. The first-order valence-corrected chi connectivity index (χ1v) is 9.80. The van der Waals surface area contributed by atoms with Gasteiger partial charge in [0, 0.05) is 24.8 Å². The van der Waals surface area contributed by atoms with Gasteiger partial charge in [0.05, 0.1) is 0 Å². The lowest BCUT2D eigenvalue weighted by atomic mass is 10.1. The average molecular weight is 363 g/mol. The Balaban J connectivity index is 1.88. The van der Waals surface area contributed by atoms with Crippen molar-refractivity contribution in [2.75, 3.05) is 0 Å². The van der Waals surface area contributed by atoms with Gasteiger partial charge in [-0.2, -0.15) is 0 Å². The SMILES string of the molecule is Cc1ccc(-c2sc3cc(C)ccc3c2Sc2ccc(O)cc2)cc1. The van der Waals surface area contributed by atoms with E-state index in [1.165, 1.54) is 36.5 Å². The minimum absolute atomic E-state index is 0.300. The minimum atomic E-state index is 0.300. The molecule has 0 saturated carbocycles. The largest absolute Gasteiger partial charge is 0.508 e. The first kappa shape index (κ1) is 16.2. The second-order valence-electron chi connectivity index (χ2n) is 6.22. The summed E-state index contributed by atoms with van der Waals surface area (Å²) in [5, 5.41) is 10.8. The van der Waals surface area contributed by atoms with Gasteiger partial charge in [0.2, 0.25) is 0 Å². The van der Waals surface area contributed by atoms with Crippen LogP contribution in [0.25, 0.3) is 20.5 Å². The summed E-state index contributed by atoms with van der Waals surface area (Å²) in [6.07, 6.45) is 0. The molecule has 124 valence electrons. The zero-order valence-corrected chi connectivity index (χ0v) is 15.7. The van der Waals surface area contributed by atoms with Crippen LogP contribution >= 0.6 is 23.1 Å². The molecular formula is C22H18OS2. The van der Waals surface area contributed by atoms with E-state index >= 15 is 0 Å². The first-order valence-electron chi connectivity index (χ1n) is 8.17. The van der Waals surface area contributed by atoms with Gasteiger partial charge >= 0.3 is 0 Å². The quantitative estimate of drug-likeness (QED) is 0.422. The van der Waals surface area contributed by atoms with E-state index in [0.29, 0.717) is 5.75 Å². The number of aryl methyl sites for hydroxylation is 2. The second kappa shape index (κ2) is 6.58. The van der Waals surface area contributed by atoms with E-state index in [-0.39, 0.29) is 0 Å². The highest BCUT2D eigenvalue weighted by atomic mass is 32.2. The van der Waals surface area contributed by atoms with E-state index in [0.717, 1.165) is 4.90 Å². The molecule has 4 rings (SSSR count). The summed E-state index contributed by atoms with van der Waals surface area (Å²) in [4.78, 5) is 3.72. The summed E-state index contributed by atoms with van der Waals surface area (Å²) in [6, 6.07) is 22.8. The van der Waals surface area contributed by atoms with Crippen molar-refractivity contribution in [1.29, 1.82) is 0 Å². The van der Waals surface area contributed by atoms with Crippen LogP contribution in [0, 0.1) is 13.8 Å². The molecule has 0 aliphatic carbocycles. The molecule has 0 amide bonds. The molecule has 4 aromatic rings. The molecule has 0 aliphatic heterocycles. The standard InChI is InChI=1S/C22H18OS2/c1-14-3-6-16(7-4-14)21-22(24-18-10-8-17(23)9-11-18)19-12-5-15(2)13-20(19)25-21/h3-13,23H,1-2H3. The molecule has 0 fully saturated rings. The molecule has 0 aliphatic rings. The van der Waals surface area contributed by atoms with E-state index in [1.807, 2.05) is 23.5 Å². The van der Waals surface area contributed by atoms with Crippen molar-refractivity contribution in [3.05, 3.63) is 77.9 Å². The molecule has 0 unspecified atom stereocenters. The topological polar surface area (TPSA) is 20.2 Å². The summed E-state index contributed by atoms with van der Waals surface area (Å²) in [5.74, 6) is 0.300. The van der Waals surface area contributed by atoms with E-state index in [2.05, 4.69) is 56.3 Å². The fraction of sp³-hybridized carbons (Fsp3) is 0.0909. The number of rotatable bonds is 3. The van der Waals surface area contributed by atoms with E-state index in [4.69, 9.17) is 0 Å². The second-order valence-corrected chi connectivity index (χ2v) is 8.36. The van der Waals surface area contributed by atoms with Crippen LogP contribution in [-0.2, 0) is 0 Å². The van der Waals surface area contributed by atoms with Gasteiger partial charge in [-0.25, -0.2) is 0 Å². The van der Waals surface area contributed by atoms with Crippen molar-refractivity contribution in [2.45, 2.75) is 23.6 Å². The Morgan fingerprint density at radius 2 is 1.48 bits per heavy atom. The van der Waals surface area contributed by atoms with Crippen LogP contribution in [0.15, 0.2) is 76.5 Å². The molecule has 1 nitrogen and oxygen atoms in total. The lowest BCUT2D eigenvalue weighted by Crippen LogP contribution is -1.79. The molecule has 0 spiro atoms. The lowest BCUT2D eigenvalue weighted by Gasteiger charge is -2.06. The Morgan fingerprint density at radius 3 is 2.20 bits per heavy atom. The lowest BCUT2D eigenvalue weighted by molar-refractivity contribution is 0.475. The molecule has 0 bridgehead atoms.